The van der Waals surface area contributed by atoms with E-state index in [2.05, 4.69) is 92.4 Å². The zero-order valence-corrected chi connectivity index (χ0v) is 81.0. The number of amides is 18. The van der Waals surface area contributed by atoms with E-state index in [1.165, 1.54) is 93.6 Å². The number of hydrogen-bond acceptors (Lipinski definition) is 30. The molecule has 2 heterocycles. The van der Waals surface area contributed by atoms with Crippen LogP contribution >= 0.6 is 12.6 Å². The summed E-state index contributed by atoms with van der Waals surface area (Å²) < 4.78 is 0. The summed E-state index contributed by atoms with van der Waals surface area (Å²) in [5.74, 6) is -27.0. The average Bonchev–Trinajstić information content (AvgIpc) is 1.62. The average molecular weight is 2040 g/mol. The van der Waals surface area contributed by atoms with Gasteiger partial charge in [0.2, 0.25) is 106 Å². The molecule has 0 bridgehead atoms. The van der Waals surface area contributed by atoms with Gasteiger partial charge >= 0.3 is 17.9 Å². The standard InChI is InChI=1S/C93H130N20O30S/c1-46(2)34-66(93(142)143)107-87(136)67(43-115)108-77(126)49(6)98-80(129)59(36-51-19-25-54(117)26-20-51)101-84(133)63(40-73(121)122)105-90(139)71-18-13-33-113(71)92(141)75(47(3)4)111-85(134)64(41-74(123)124)103-81(130)61(37-52-21-27-55(118)28-22-52)104-89(138)70-17-12-32-112(70)91(140)65(38-53-23-29-56(119)30-24-53)106-88(137)69(45-144)110-83(132)62(39-72(96)120)102-86(135)68(44-116)109-82(131)60(35-50-14-8-7-9-15-50)100-76(125)48(5)97-79(128)58(16-10-11-31-94)99-78(127)57(95)42-114/h7-9,14-15,19-30,46-49,57-71,75,114-119,144H,10-13,16-18,31-45,94-95H2,1-6H3,(H2,96,120)(H,97,128)(H,98,129)(H,99,127)(H,100,125)(H,101,133)(H,102,135)(H,103,130)(H,104,138)(H,105,139)(H,106,137)(H,107,136)(H,108,126)(H,109,131)(H,110,132)(H,111,134)(H,121,122)(H,123,124)(H,142,143)/t48-,49-,57-,58-,59-,60-,61-,62-,63-,64-,65-,66-,67-,68-,69-,70-,71-,75-/m0/s1. The molecule has 0 unspecified atom stereocenters. The third kappa shape index (κ3) is 37.6. The van der Waals surface area contributed by atoms with Gasteiger partial charge < -0.3 is 153 Å². The van der Waals surface area contributed by atoms with Crippen LogP contribution in [0.15, 0.2) is 103 Å². The Kier molecular flexibility index (Phi) is 47.5. The van der Waals surface area contributed by atoms with Crippen molar-refractivity contribution < 1.29 is 147 Å². The zero-order chi connectivity index (χ0) is 107. The number of aliphatic hydroxyl groups excluding tert-OH is 3. The summed E-state index contributed by atoms with van der Waals surface area (Å²) in [6.07, 6.45) is -4.13. The highest BCUT2D eigenvalue weighted by Crippen LogP contribution is 2.26. The van der Waals surface area contributed by atoms with E-state index in [0.717, 1.165) is 16.7 Å². The van der Waals surface area contributed by atoms with Crippen LogP contribution in [0.4, 0.5) is 0 Å². The molecule has 0 aromatic heterocycles. The van der Waals surface area contributed by atoms with Crippen molar-refractivity contribution in [3.63, 3.8) is 0 Å². The lowest BCUT2D eigenvalue weighted by molar-refractivity contribution is -0.145. The first-order valence-electron chi connectivity index (χ1n) is 46.5. The van der Waals surface area contributed by atoms with Gasteiger partial charge in [-0.05, 0) is 142 Å². The largest absolute Gasteiger partial charge is 0.508 e. The smallest absolute Gasteiger partial charge is 0.326 e. The second-order valence-electron chi connectivity index (χ2n) is 35.6. The lowest BCUT2D eigenvalue weighted by Crippen LogP contribution is -2.62. The summed E-state index contributed by atoms with van der Waals surface area (Å²) in [6.45, 7) is 5.59. The first-order valence-corrected chi connectivity index (χ1v) is 47.1. The van der Waals surface area contributed by atoms with Gasteiger partial charge in [0.05, 0.1) is 39.1 Å². The van der Waals surface area contributed by atoms with Crippen LogP contribution in [0.25, 0.3) is 0 Å². The van der Waals surface area contributed by atoms with Gasteiger partial charge in [-0.2, -0.15) is 12.6 Å². The van der Waals surface area contributed by atoms with E-state index in [9.17, 15) is 142 Å². The minimum atomic E-state index is -2.09. The van der Waals surface area contributed by atoms with E-state index in [0.29, 0.717) is 24.0 Å². The van der Waals surface area contributed by atoms with E-state index in [1.54, 1.807) is 44.2 Å². The Hall–Kier alpha value is -14.7. The lowest BCUT2D eigenvalue weighted by Gasteiger charge is -2.32. The highest BCUT2D eigenvalue weighted by molar-refractivity contribution is 7.80. The summed E-state index contributed by atoms with van der Waals surface area (Å²) in [7, 11) is 0. The number of aliphatic carboxylic acids is 3. The van der Waals surface area contributed by atoms with Crippen molar-refractivity contribution in [2.45, 2.75) is 247 Å². The molecule has 2 aliphatic rings. The van der Waals surface area contributed by atoms with Crippen LogP contribution in [-0.2, 0) is 126 Å². The molecule has 2 saturated heterocycles. The number of thiol groups is 1. The molecule has 0 aliphatic carbocycles. The van der Waals surface area contributed by atoms with Gasteiger partial charge in [-0.1, -0.05) is 94.4 Å². The maximum Gasteiger partial charge on any atom is 0.326 e. The van der Waals surface area contributed by atoms with Crippen LogP contribution in [0.3, 0.4) is 0 Å². The second kappa shape index (κ2) is 58.0. The number of phenolic OH excluding ortho intramolecular Hbond substituents is 3. The molecular formula is C93H130N20O30S. The third-order valence-electron chi connectivity index (χ3n) is 23.3. The number of nitrogens with one attached hydrogen (secondary N) is 15. The second-order valence-corrected chi connectivity index (χ2v) is 35.9. The fourth-order valence-electron chi connectivity index (χ4n) is 15.4. The quantitative estimate of drug-likeness (QED) is 0.0144. The van der Waals surface area contributed by atoms with E-state index in [-0.39, 0.29) is 98.9 Å². The van der Waals surface area contributed by atoms with Crippen molar-refractivity contribution in [2.75, 3.05) is 45.2 Å². The molecule has 30 N–H and O–H groups in total. The van der Waals surface area contributed by atoms with Crippen LogP contribution in [0.2, 0.25) is 0 Å². The molecule has 788 valence electrons. The van der Waals surface area contributed by atoms with Crippen molar-refractivity contribution >= 4 is 137 Å². The van der Waals surface area contributed by atoms with Crippen molar-refractivity contribution in [1.82, 2.24) is 89.6 Å². The first kappa shape index (κ1) is 118. The molecule has 2 aliphatic heterocycles. The number of aliphatic hydroxyl groups is 3. The number of nitrogens with zero attached hydrogens (tertiary/aromatic N) is 2. The minimum absolute atomic E-state index is 0.0165. The molecule has 144 heavy (non-hydrogen) atoms. The maximum absolute atomic E-state index is 15.2. The highest BCUT2D eigenvalue weighted by Gasteiger charge is 2.45. The van der Waals surface area contributed by atoms with Crippen LogP contribution < -0.4 is 97.0 Å². The zero-order valence-electron chi connectivity index (χ0n) is 80.1. The molecular weight excluding hydrogens is 1910 g/mol. The van der Waals surface area contributed by atoms with Crippen LogP contribution in [0, 0.1) is 11.8 Å². The van der Waals surface area contributed by atoms with Crippen molar-refractivity contribution in [3.05, 3.63) is 125 Å². The molecule has 4 aromatic carbocycles. The number of nitrogens with two attached hydrogens (primary N) is 3. The van der Waals surface area contributed by atoms with Crippen LogP contribution in [0.1, 0.15) is 134 Å². The monoisotopic (exact) mass is 2040 g/mol. The normalized spacial score (nSPS) is 16.6. The predicted octanol–water partition coefficient (Wildman–Crippen LogP) is -7.66. The third-order valence-corrected chi connectivity index (χ3v) is 23.6. The summed E-state index contributed by atoms with van der Waals surface area (Å²) in [6, 6.07) is -6.34. The number of rotatable bonds is 58. The Morgan fingerprint density at radius 1 is 0.368 bits per heavy atom. The molecule has 0 radical (unpaired) electrons. The summed E-state index contributed by atoms with van der Waals surface area (Å²) in [5, 5.41) is 126. The summed E-state index contributed by atoms with van der Waals surface area (Å²) >= 11 is 4.28. The number of unbranched alkanes of at least 4 members (excludes halogenated alkanes) is 1. The number of carboxylic acid groups (broad SMARTS) is 3. The van der Waals surface area contributed by atoms with E-state index < -0.39 is 303 Å². The lowest BCUT2D eigenvalue weighted by atomic mass is 10.0. The number of carboxylic acids is 3. The van der Waals surface area contributed by atoms with Gasteiger partial charge in [0.1, 0.15) is 126 Å². The van der Waals surface area contributed by atoms with E-state index >= 15 is 4.79 Å². The molecule has 18 atom stereocenters. The molecule has 18 amide bonds. The topological polar surface area (TPSA) is 806 Å². The number of primary amides is 1. The van der Waals surface area contributed by atoms with Crippen molar-refractivity contribution in [2.24, 2.45) is 29.0 Å². The van der Waals surface area contributed by atoms with Gasteiger partial charge in [-0.25, -0.2) is 4.79 Å². The highest BCUT2D eigenvalue weighted by atomic mass is 32.1. The van der Waals surface area contributed by atoms with E-state index in [4.69, 9.17) is 17.2 Å². The van der Waals surface area contributed by atoms with Gasteiger partial charge in [-0.3, -0.25) is 95.9 Å². The molecule has 4 aromatic rings. The van der Waals surface area contributed by atoms with Gasteiger partial charge in [0, 0.05) is 44.5 Å². The van der Waals surface area contributed by atoms with Gasteiger partial charge in [0.25, 0.3) is 0 Å². The molecule has 6 rings (SSSR count). The number of hydrogen-bond donors (Lipinski definition) is 28. The Balaban J connectivity index is 1.18. The number of carbonyl (C=O) groups is 21. The van der Waals surface area contributed by atoms with Crippen LogP contribution in [0.5, 0.6) is 17.2 Å². The van der Waals surface area contributed by atoms with E-state index in [1.807, 2.05) is 0 Å². The first-order chi connectivity index (χ1) is 68.1. The molecule has 2 fully saturated rings. The van der Waals surface area contributed by atoms with Crippen LogP contribution in [-0.4, -0.2) is 334 Å². The fraction of sp³-hybridized carbons (Fsp3) is 0.516. The van der Waals surface area contributed by atoms with Crippen molar-refractivity contribution in [3.8, 4) is 17.2 Å². The molecule has 0 spiro atoms. The molecule has 50 nitrogen and oxygen atoms in total. The molecule has 0 saturated carbocycles. The number of aromatic hydroxyl groups is 3. The van der Waals surface area contributed by atoms with Crippen molar-refractivity contribution in [1.29, 1.82) is 0 Å². The number of benzene rings is 4. The maximum atomic E-state index is 15.2. The Bertz CT molecular complexity index is 5160. The fourth-order valence-corrected chi connectivity index (χ4v) is 15.7. The summed E-state index contributed by atoms with van der Waals surface area (Å²) in [4.78, 5) is 293. The Morgan fingerprint density at radius 3 is 1.12 bits per heavy atom. The number of likely N-dealkylation sites (tertiary alicyclic amines) is 2. The number of phenols is 3. The Morgan fingerprint density at radius 2 is 0.701 bits per heavy atom. The number of carbonyl (C=O) groups excluding carboxylic acids is 18. The Labute approximate surface area is 832 Å². The molecule has 51 heteroatoms. The van der Waals surface area contributed by atoms with Gasteiger partial charge in [-0.15, -0.1) is 0 Å². The minimum Gasteiger partial charge on any atom is -0.508 e. The predicted molar refractivity (Wildman–Crippen MR) is 512 cm³/mol. The van der Waals surface area contributed by atoms with Gasteiger partial charge in [0.15, 0.2) is 0 Å². The SMILES string of the molecule is CC(C)C[C@H](NC(=O)[C@H](CO)NC(=O)[C@H](C)NC(=O)[C@H](Cc1ccc(O)cc1)NC(=O)[C@H](CC(=O)O)NC(=O)[C@@H]1CCCN1C(=O)[C@@H](NC(=O)[C@H](CC(=O)O)NC(=O)[C@H](Cc1ccc(O)cc1)NC(=O)[C@@H]1CCCN1C(=O)[C@H](Cc1ccc(O)cc1)NC(=O)[C@H](CS)NC(=O)[C@H](CC(N)=O)NC(=O)[C@H](CO)NC(=O)[C@H](Cc1ccccc1)NC(=O)[C@H](C)NC(=O)[C@H](CCCCN)NC(=O)[C@@H](N)CO)C(C)C)C(=O)O. The summed E-state index contributed by atoms with van der Waals surface area (Å²) in [5.41, 5.74) is 18.1.